The molecule has 0 saturated carbocycles. The van der Waals surface area contributed by atoms with E-state index in [1.807, 2.05) is 18.7 Å². The maximum Gasteiger partial charge on any atom is 0.416 e. The third-order valence-corrected chi connectivity index (χ3v) is 6.32. The van der Waals surface area contributed by atoms with Crippen molar-refractivity contribution in [3.63, 3.8) is 0 Å². The average Bonchev–Trinajstić information content (AvgIpc) is 3.10. The summed E-state index contributed by atoms with van der Waals surface area (Å²) in [5.74, 6) is -0.769. The van der Waals surface area contributed by atoms with Gasteiger partial charge in [0.05, 0.1) is 30.9 Å². The number of halogens is 3. The van der Waals surface area contributed by atoms with Crippen LogP contribution in [0, 0.1) is 0 Å². The predicted molar refractivity (Wildman–Crippen MR) is 118 cm³/mol. The molecule has 32 heavy (non-hydrogen) atoms. The standard InChI is InChI=1S/C23H27F3N2O3S/c1-3-9-28(10-4-2)13-19(29)27-22-20(17-8-11-31-14-18(17)32-22)21(30)15-6-5-7-16(12-15)23(24,25)26/h5-7,12H,3-4,8-11,13-14H2,1-2H3,(H,27,29). The summed E-state index contributed by atoms with van der Waals surface area (Å²) < 4.78 is 45.0. The van der Waals surface area contributed by atoms with Crippen LogP contribution >= 0.6 is 11.3 Å². The Morgan fingerprint density at radius 1 is 1.19 bits per heavy atom. The van der Waals surface area contributed by atoms with Crippen molar-refractivity contribution in [2.45, 2.75) is 45.9 Å². The Morgan fingerprint density at radius 3 is 2.56 bits per heavy atom. The topological polar surface area (TPSA) is 58.6 Å². The fourth-order valence-corrected chi connectivity index (χ4v) is 5.01. The molecule has 0 unspecified atom stereocenters. The highest BCUT2D eigenvalue weighted by atomic mass is 32.1. The van der Waals surface area contributed by atoms with Gasteiger partial charge in [-0.2, -0.15) is 13.2 Å². The average molecular weight is 469 g/mol. The zero-order chi connectivity index (χ0) is 23.3. The Labute approximate surface area is 189 Å². The fraction of sp³-hybridized carbons (Fsp3) is 0.478. The van der Waals surface area contributed by atoms with Gasteiger partial charge in [0.2, 0.25) is 5.91 Å². The first-order valence-electron chi connectivity index (χ1n) is 10.7. The highest BCUT2D eigenvalue weighted by Gasteiger charge is 2.32. The van der Waals surface area contributed by atoms with Gasteiger partial charge < -0.3 is 10.1 Å². The number of nitrogens with one attached hydrogen (secondary N) is 1. The lowest BCUT2D eigenvalue weighted by atomic mass is 9.96. The minimum Gasteiger partial charge on any atom is -0.376 e. The highest BCUT2D eigenvalue weighted by molar-refractivity contribution is 7.17. The number of carbonyl (C=O) groups is 2. The number of hydrogen-bond acceptors (Lipinski definition) is 5. The summed E-state index contributed by atoms with van der Waals surface area (Å²) in [6.45, 7) is 6.58. The first-order chi connectivity index (χ1) is 15.2. The number of alkyl halides is 3. The number of anilines is 1. The van der Waals surface area contributed by atoms with E-state index in [9.17, 15) is 22.8 Å². The van der Waals surface area contributed by atoms with Crippen LogP contribution in [0.5, 0.6) is 0 Å². The number of hydrogen-bond donors (Lipinski definition) is 1. The second kappa shape index (κ2) is 10.6. The minimum absolute atomic E-state index is 0.0546. The van der Waals surface area contributed by atoms with Gasteiger partial charge in [-0.05, 0) is 50.0 Å². The number of thiophene rings is 1. The van der Waals surface area contributed by atoms with E-state index >= 15 is 0 Å². The maximum atomic E-state index is 13.3. The molecule has 2 heterocycles. The highest BCUT2D eigenvalue weighted by Crippen LogP contribution is 2.38. The van der Waals surface area contributed by atoms with E-state index in [4.69, 9.17) is 4.74 Å². The Morgan fingerprint density at radius 2 is 1.91 bits per heavy atom. The quantitative estimate of drug-likeness (QED) is 0.519. The second-order valence-electron chi connectivity index (χ2n) is 7.74. The van der Waals surface area contributed by atoms with Gasteiger partial charge in [0.15, 0.2) is 5.78 Å². The first-order valence-corrected chi connectivity index (χ1v) is 11.5. The van der Waals surface area contributed by atoms with Gasteiger partial charge in [0.25, 0.3) is 0 Å². The predicted octanol–water partition coefficient (Wildman–Crippen LogP) is 5.13. The summed E-state index contributed by atoms with van der Waals surface area (Å²) in [7, 11) is 0. The summed E-state index contributed by atoms with van der Waals surface area (Å²) in [5, 5.41) is 3.23. The monoisotopic (exact) mass is 468 g/mol. The number of rotatable bonds is 9. The van der Waals surface area contributed by atoms with E-state index in [1.54, 1.807) is 0 Å². The maximum absolute atomic E-state index is 13.3. The van der Waals surface area contributed by atoms with Gasteiger partial charge in [0.1, 0.15) is 5.00 Å². The number of nitrogens with zero attached hydrogens (tertiary/aromatic N) is 1. The molecule has 5 nitrogen and oxygen atoms in total. The molecular weight excluding hydrogens is 441 g/mol. The summed E-state index contributed by atoms with van der Waals surface area (Å²) in [6.07, 6.45) is -2.24. The van der Waals surface area contributed by atoms with Crippen LogP contribution in [0.25, 0.3) is 0 Å². The number of fused-ring (bicyclic) bond motifs is 1. The number of amides is 1. The molecule has 1 aliphatic heterocycles. The van der Waals surface area contributed by atoms with Crippen LogP contribution in [0.1, 0.15) is 58.6 Å². The van der Waals surface area contributed by atoms with Gasteiger partial charge in [-0.15, -0.1) is 11.3 Å². The number of benzene rings is 1. The van der Waals surface area contributed by atoms with Crippen LogP contribution in [0.4, 0.5) is 18.2 Å². The third-order valence-electron chi connectivity index (χ3n) is 5.20. The van der Waals surface area contributed by atoms with Gasteiger partial charge in [-0.1, -0.05) is 26.0 Å². The van der Waals surface area contributed by atoms with Crippen LogP contribution in [-0.2, 0) is 28.7 Å². The Kier molecular flexibility index (Phi) is 8.08. The third kappa shape index (κ3) is 5.76. The summed E-state index contributed by atoms with van der Waals surface area (Å²) in [5.41, 5.74) is 0.0913. The molecule has 0 radical (unpaired) electrons. The molecule has 2 aromatic rings. The lowest BCUT2D eigenvalue weighted by Gasteiger charge is -2.20. The molecule has 0 spiro atoms. The van der Waals surface area contributed by atoms with Crippen molar-refractivity contribution in [2.75, 3.05) is 31.6 Å². The molecule has 9 heteroatoms. The lowest BCUT2D eigenvalue weighted by molar-refractivity contribution is -0.137. The van der Waals surface area contributed by atoms with Gasteiger partial charge in [0, 0.05) is 10.4 Å². The molecule has 0 atom stereocenters. The molecule has 1 N–H and O–H groups in total. The molecule has 1 aromatic carbocycles. The van der Waals surface area contributed by atoms with Crippen LogP contribution < -0.4 is 5.32 Å². The van der Waals surface area contributed by atoms with Crippen molar-refractivity contribution < 1.29 is 27.5 Å². The van der Waals surface area contributed by atoms with E-state index in [2.05, 4.69) is 5.32 Å². The normalized spacial score (nSPS) is 13.8. The molecule has 0 fully saturated rings. The molecule has 174 valence electrons. The second-order valence-corrected chi connectivity index (χ2v) is 8.85. The molecule has 0 bridgehead atoms. The molecule has 3 rings (SSSR count). The Balaban J connectivity index is 1.91. The van der Waals surface area contributed by atoms with E-state index in [-0.39, 0.29) is 23.6 Å². The lowest BCUT2D eigenvalue weighted by Crippen LogP contribution is -2.34. The number of ketones is 1. The molecule has 1 amide bonds. The largest absolute Gasteiger partial charge is 0.416 e. The fourth-order valence-electron chi connectivity index (χ4n) is 3.81. The van der Waals surface area contributed by atoms with Crippen molar-refractivity contribution in [1.82, 2.24) is 4.90 Å². The van der Waals surface area contributed by atoms with Crippen molar-refractivity contribution >= 4 is 28.0 Å². The summed E-state index contributed by atoms with van der Waals surface area (Å²) >= 11 is 1.26. The van der Waals surface area contributed by atoms with Crippen LogP contribution in [0.3, 0.4) is 0 Å². The van der Waals surface area contributed by atoms with E-state index in [1.165, 1.54) is 23.5 Å². The summed E-state index contributed by atoms with van der Waals surface area (Å²) in [4.78, 5) is 28.9. The van der Waals surface area contributed by atoms with Gasteiger partial charge in [-0.25, -0.2) is 0 Å². The van der Waals surface area contributed by atoms with Crippen molar-refractivity contribution in [2.24, 2.45) is 0 Å². The number of carbonyl (C=O) groups excluding carboxylic acids is 2. The van der Waals surface area contributed by atoms with E-state index in [0.29, 0.717) is 24.6 Å². The van der Waals surface area contributed by atoms with Gasteiger partial charge in [-0.3, -0.25) is 14.5 Å². The Bertz CT molecular complexity index is 966. The first kappa shape index (κ1) is 24.4. The molecule has 1 aromatic heterocycles. The SMILES string of the molecule is CCCN(CCC)CC(=O)Nc1sc2c(c1C(=O)c1cccc(C(F)(F)F)c1)CCOC2. The van der Waals surface area contributed by atoms with Crippen LogP contribution in [0.2, 0.25) is 0 Å². The molecule has 0 aliphatic carbocycles. The van der Waals surface area contributed by atoms with Gasteiger partial charge >= 0.3 is 6.18 Å². The molecule has 1 aliphatic rings. The van der Waals surface area contributed by atoms with Crippen LogP contribution in [-0.4, -0.2) is 42.8 Å². The Hall–Kier alpha value is -2.23. The van der Waals surface area contributed by atoms with Crippen molar-refractivity contribution in [3.8, 4) is 0 Å². The van der Waals surface area contributed by atoms with E-state index < -0.39 is 17.5 Å². The van der Waals surface area contributed by atoms with Crippen LogP contribution in [0.15, 0.2) is 24.3 Å². The van der Waals surface area contributed by atoms with E-state index in [0.717, 1.165) is 48.5 Å². The smallest absolute Gasteiger partial charge is 0.376 e. The minimum atomic E-state index is -4.54. The van der Waals surface area contributed by atoms with Crippen molar-refractivity contribution in [1.29, 1.82) is 0 Å². The zero-order valence-electron chi connectivity index (χ0n) is 18.2. The molecular formula is C23H27F3N2O3S. The number of ether oxygens (including phenoxy) is 1. The summed E-state index contributed by atoms with van der Waals surface area (Å²) in [6, 6.07) is 4.40. The van der Waals surface area contributed by atoms with Crippen molar-refractivity contribution in [3.05, 3.63) is 51.4 Å². The molecule has 0 saturated heterocycles. The zero-order valence-corrected chi connectivity index (χ0v) is 19.0.